The van der Waals surface area contributed by atoms with Crippen LogP contribution in [0, 0.1) is 5.92 Å². The molecule has 0 spiro atoms. The van der Waals surface area contributed by atoms with Gasteiger partial charge in [0.05, 0.1) is 5.92 Å². The highest BCUT2D eigenvalue weighted by Gasteiger charge is 2.17. The van der Waals surface area contributed by atoms with Gasteiger partial charge in [0, 0.05) is 12.8 Å². The van der Waals surface area contributed by atoms with Gasteiger partial charge in [-0.3, -0.25) is 9.59 Å². The number of benzene rings is 1. The molecule has 0 aliphatic heterocycles. The van der Waals surface area contributed by atoms with Crippen molar-refractivity contribution in [3.63, 3.8) is 0 Å². The summed E-state index contributed by atoms with van der Waals surface area (Å²) in [5.74, 6) is -0.921. The van der Waals surface area contributed by atoms with Crippen molar-refractivity contribution in [1.82, 2.24) is 0 Å². The first-order valence-electron chi connectivity index (χ1n) is 6.92. The summed E-state index contributed by atoms with van der Waals surface area (Å²) in [6.45, 7) is 1.98. The molecule has 1 aromatic rings. The van der Waals surface area contributed by atoms with E-state index in [0.29, 0.717) is 32.1 Å². The normalized spacial score (nSPS) is 12.1. The maximum Gasteiger partial charge on any atom is 0.306 e. The molecular formula is C16H22O3. The molecule has 1 N–H and O–H groups in total. The molecule has 0 amide bonds. The van der Waals surface area contributed by atoms with E-state index < -0.39 is 11.9 Å². The smallest absolute Gasteiger partial charge is 0.306 e. The van der Waals surface area contributed by atoms with Gasteiger partial charge in [-0.1, -0.05) is 37.3 Å². The van der Waals surface area contributed by atoms with Crippen molar-refractivity contribution in [1.29, 1.82) is 0 Å². The Bertz CT molecular complexity index is 398. The molecule has 0 heterocycles. The number of aliphatic carboxylic acids is 1. The van der Waals surface area contributed by atoms with E-state index in [1.165, 1.54) is 0 Å². The molecule has 0 unspecified atom stereocenters. The lowest BCUT2D eigenvalue weighted by Gasteiger charge is -2.12. The van der Waals surface area contributed by atoms with Crippen LogP contribution in [-0.2, 0) is 16.0 Å². The first-order valence-corrected chi connectivity index (χ1v) is 6.92. The lowest BCUT2D eigenvalue weighted by atomic mass is 9.93. The molecule has 19 heavy (non-hydrogen) atoms. The molecule has 1 rings (SSSR count). The van der Waals surface area contributed by atoms with Crippen molar-refractivity contribution < 1.29 is 14.7 Å². The largest absolute Gasteiger partial charge is 0.481 e. The standard InChI is InChI=1S/C16H22O3/c1-2-7-15(17)11-6-10-14(16(18)19)12-13-8-4-3-5-9-13/h3-5,8-9,14H,2,6-7,10-12H2,1H3,(H,18,19)/t14-/m0/s1. The van der Waals surface area contributed by atoms with Crippen molar-refractivity contribution in [2.45, 2.75) is 45.4 Å². The molecule has 1 aromatic carbocycles. The van der Waals surface area contributed by atoms with Gasteiger partial charge < -0.3 is 5.11 Å². The fourth-order valence-corrected chi connectivity index (χ4v) is 2.16. The van der Waals surface area contributed by atoms with E-state index in [-0.39, 0.29) is 5.78 Å². The summed E-state index contributed by atoms with van der Waals surface area (Å²) in [7, 11) is 0. The minimum absolute atomic E-state index is 0.242. The van der Waals surface area contributed by atoms with Crippen LogP contribution in [0.3, 0.4) is 0 Å². The number of hydrogen-bond acceptors (Lipinski definition) is 2. The van der Waals surface area contributed by atoms with Gasteiger partial charge in [0.1, 0.15) is 5.78 Å². The molecule has 0 aliphatic rings. The summed E-state index contributed by atoms with van der Waals surface area (Å²) in [4.78, 5) is 22.6. The Morgan fingerprint density at radius 3 is 2.42 bits per heavy atom. The molecular weight excluding hydrogens is 240 g/mol. The number of carbonyl (C=O) groups is 2. The van der Waals surface area contributed by atoms with Crippen LogP contribution >= 0.6 is 0 Å². The van der Waals surface area contributed by atoms with Crippen molar-refractivity contribution >= 4 is 11.8 Å². The molecule has 3 heteroatoms. The highest BCUT2D eigenvalue weighted by atomic mass is 16.4. The molecule has 0 saturated heterocycles. The quantitative estimate of drug-likeness (QED) is 0.741. The zero-order valence-electron chi connectivity index (χ0n) is 11.5. The van der Waals surface area contributed by atoms with Crippen LogP contribution in [0.5, 0.6) is 0 Å². The zero-order valence-corrected chi connectivity index (χ0v) is 11.5. The van der Waals surface area contributed by atoms with Crippen molar-refractivity contribution in [2.75, 3.05) is 0 Å². The van der Waals surface area contributed by atoms with E-state index in [4.69, 9.17) is 0 Å². The number of rotatable bonds is 9. The summed E-state index contributed by atoms with van der Waals surface area (Å²) in [6.07, 6.45) is 3.76. The average Bonchev–Trinajstić information content (AvgIpc) is 2.39. The molecule has 0 saturated carbocycles. The Kier molecular flexibility index (Phi) is 6.86. The Morgan fingerprint density at radius 1 is 1.16 bits per heavy atom. The molecule has 104 valence electrons. The number of Topliss-reactive ketones (excluding diaryl/α,β-unsaturated/α-hetero) is 1. The Labute approximate surface area is 114 Å². The molecule has 0 radical (unpaired) electrons. The molecule has 1 atom stereocenters. The van der Waals surface area contributed by atoms with Gasteiger partial charge in [-0.15, -0.1) is 0 Å². The van der Waals surface area contributed by atoms with Gasteiger partial charge >= 0.3 is 5.97 Å². The average molecular weight is 262 g/mol. The first kappa shape index (κ1) is 15.4. The van der Waals surface area contributed by atoms with Crippen LogP contribution in [0.2, 0.25) is 0 Å². The van der Waals surface area contributed by atoms with Gasteiger partial charge in [0.15, 0.2) is 0 Å². The monoisotopic (exact) mass is 262 g/mol. The number of ketones is 1. The van der Waals surface area contributed by atoms with Crippen LogP contribution in [0.15, 0.2) is 30.3 Å². The van der Waals surface area contributed by atoms with Crippen LogP contribution < -0.4 is 0 Å². The number of carbonyl (C=O) groups excluding carboxylic acids is 1. The second kappa shape index (κ2) is 8.46. The summed E-state index contributed by atoms with van der Waals surface area (Å²) in [5.41, 5.74) is 1.04. The third-order valence-corrected chi connectivity index (χ3v) is 3.21. The van der Waals surface area contributed by atoms with Crippen LogP contribution in [0.4, 0.5) is 0 Å². The van der Waals surface area contributed by atoms with Crippen molar-refractivity contribution in [2.24, 2.45) is 5.92 Å². The number of carboxylic acid groups (broad SMARTS) is 1. The van der Waals surface area contributed by atoms with Gasteiger partial charge in [0.2, 0.25) is 0 Å². The fraction of sp³-hybridized carbons (Fsp3) is 0.500. The minimum atomic E-state index is -0.771. The number of carboxylic acids is 1. The maximum absolute atomic E-state index is 11.4. The highest BCUT2D eigenvalue weighted by Crippen LogP contribution is 2.16. The molecule has 3 nitrogen and oxygen atoms in total. The van der Waals surface area contributed by atoms with Crippen LogP contribution in [0.25, 0.3) is 0 Å². The molecule has 0 fully saturated rings. The van der Waals surface area contributed by atoms with E-state index >= 15 is 0 Å². The van der Waals surface area contributed by atoms with Crippen molar-refractivity contribution in [3.05, 3.63) is 35.9 Å². The van der Waals surface area contributed by atoms with E-state index in [0.717, 1.165) is 12.0 Å². The van der Waals surface area contributed by atoms with Gasteiger partial charge in [0.25, 0.3) is 0 Å². The fourth-order valence-electron chi connectivity index (χ4n) is 2.16. The van der Waals surface area contributed by atoms with Crippen LogP contribution in [-0.4, -0.2) is 16.9 Å². The van der Waals surface area contributed by atoms with Crippen molar-refractivity contribution in [3.8, 4) is 0 Å². The number of hydrogen-bond donors (Lipinski definition) is 1. The summed E-state index contributed by atoms with van der Waals surface area (Å²) in [5, 5.41) is 9.22. The van der Waals surface area contributed by atoms with E-state index in [9.17, 15) is 14.7 Å². The second-order valence-corrected chi connectivity index (χ2v) is 4.91. The zero-order chi connectivity index (χ0) is 14.1. The maximum atomic E-state index is 11.4. The third-order valence-electron chi connectivity index (χ3n) is 3.21. The summed E-state index contributed by atoms with van der Waals surface area (Å²) in [6, 6.07) is 9.64. The minimum Gasteiger partial charge on any atom is -0.481 e. The van der Waals surface area contributed by atoms with Crippen LogP contribution in [0.1, 0.15) is 44.6 Å². The SMILES string of the molecule is CCCC(=O)CCC[C@@H](Cc1ccccc1)C(=O)O. The predicted molar refractivity (Wildman–Crippen MR) is 75.0 cm³/mol. The van der Waals surface area contributed by atoms with Gasteiger partial charge in [-0.25, -0.2) is 0 Å². The first-order chi connectivity index (χ1) is 9.13. The summed E-state index contributed by atoms with van der Waals surface area (Å²) < 4.78 is 0. The molecule has 0 aliphatic carbocycles. The Balaban J connectivity index is 2.41. The highest BCUT2D eigenvalue weighted by molar-refractivity contribution is 5.78. The van der Waals surface area contributed by atoms with E-state index in [1.807, 2.05) is 37.3 Å². The van der Waals surface area contributed by atoms with E-state index in [2.05, 4.69) is 0 Å². The van der Waals surface area contributed by atoms with Gasteiger partial charge in [-0.05, 0) is 31.2 Å². The van der Waals surface area contributed by atoms with E-state index in [1.54, 1.807) is 0 Å². The lowest BCUT2D eigenvalue weighted by Crippen LogP contribution is -2.17. The topological polar surface area (TPSA) is 54.4 Å². The Hall–Kier alpha value is -1.64. The third kappa shape index (κ3) is 6.18. The Morgan fingerprint density at radius 2 is 1.84 bits per heavy atom. The molecule has 0 bridgehead atoms. The lowest BCUT2D eigenvalue weighted by molar-refractivity contribution is -0.142. The molecule has 0 aromatic heterocycles. The summed E-state index contributed by atoms with van der Waals surface area (Å²) >= 11 is 0. The second-order valence-electron chi connectivity index (χ2n) is 4.91. The van der Waals surface area contributed by atoms with Gasteiger partial charge in [-0.2, -0.15) is 0 Å². The predicted octanol–water partition coefficient (Wildman–Crippen LogP) is 3.47.